The summed E-state index contributed by atoms with van der Waals surface area (Å²) in [5, 5.41) is 2.13. The number of fused-ring (bicyclic) bond motifs is 1. The molecule has 27 heavy (non-hydrogen) atoms. The molecule has 2 amide bonds. The second-order valence-electron chi connectivity index (χ2n) is 5.99. The van der Waals surface area contributed by atoms with Gasteiger partial charge in [-0.25, -0.2) is 0 Å². The van der Waals surface area contributed by atoms with Crippen LogP contribution in [0.4, 0.5) is 0 Å². The van der Waals surface area contributed by atoms with Crippen LogP contribution in [0.5, 0.6) is 5.75 Å². The molecule has 0 aliphatic rings. The molecule has 3 aromatic carbocycles. The van der Waals surface area contributed by atoms with Crippen LogP contribution in [0.25, 0.3) is 16.8 Å². The highest BCUT2D eigenvalue weighted by Gasteiger charge is 2.15. The SMILES string of the molecule is C[C@H](Oc1ccc2ccccc2c1)C(=O)NNC(=O)/C=C/c1ccccc1. The van der Waals surface area contributed by atoms with Gasteiger partial charge in [0.05, 0.1) is 0 Å². The standard InChI is InChI=1S/C22H20N2O3/c1-16(27-20-13-12-18-9-5-6-10-19(18)15-20)22(26)24-23-21(25)14-11-17-7-3-2-4-8-17/h2-16H,1H3,(H,23,25)(H,24,26)/b14-11+/t16-/m0/s1. The molecular formula is C22H20N2O3. The molecule has 0 saturated carbocycles. The maximum absolute atomic E-state index is 12.1. The Kier molecular flexibility index (Phi) is 5.84. The minimum absolute atomic E-state index is 0.426. The first kappa shape index (κ1) is 18.2. The minimum atomic E-state index is -0.760. The molecule has 5 nitrogen and oxygen atoms in total. The van der Waals surface area contributed by atoms with Gasteiger partial charge in [0.25, 0.3) is 11.8 Å². The number of ether oxygens (including phenoxy) is 1. The van der Waals surface area contributed by atoms with E-state index >= 15 is 0 Å². The van der Waals surface area contributed by atoms with Gasteiger partial charge >= 0.3 is 0 Å². The number of hydrogen-bond donors (Lipinski definition) is 2. The van der Waals surface area contributed by atoms with Crippen molar-refractivity contribution >= 4 is 28.7 Å². The number of carbonyl (C=O) groups is 2. The molecule has 0 saturated heterocycles. The fraction of sp³-hybridized carbons (Fsp3) is 0.0909. The van der Waals surface area contributed by atoms with E-state index in [0.29, 0.717) is 5.75 Å². The molecule has 0 fully saturated rings. The van der Waals surface area contributed by atoms with E-state index in [1.54, 1.807) is 13.0 Å². The smallest absolute Gasteiger partial charge is 0.279 e. The van der Waals surface area contributed by atoms with E-state index < -0.39 is 17.9 Å². The summed E-state index contributed by atoms with van der Waals surface area (Å²) in [7, 11) is 0. The Balaban J connectivity index is 1.51. The van der Waals surface area contributed by atoms with E-state index in [2.05, 4.69) is 10.9 Å². The zero-order valence-electron chi connectivity index (χ0n) is 14.9. The third kappa shape index (κ3) is 5.19. The first-order chi connectivity index (χ1) is 13.1. The molecule has 136 valence electrons. The molecule has 0 unspecified atom stereocenters. The molecule has 3 rings (SSSR count). The zero-order chi connectivity index (χ0) is 19.1. The lowest BCUT2D eigenvalue weighted by molar-refractivity contribution is -0.131. The maximum Gasteiger partial charge on any atom is 0.279 e. The lowest BCUT2D eigenvalue weighted by atomic mass is 10.1. The number of hydrogen-bond acceptors (Lipinski definition) is 3. The number of carbonyl (C=O) groups excluding carboxylic acids is 2. The van der Waals surface area contributed by atoms with E-state index in [0.717, 1.165) is 16.3 Å². The first-order valence-electron chi connectivity index (χ1n) is 8.60. The van der Waals surface area contributed by atoms with Crippen molar-refractivity contribution in [3.8, 4) is 5.75 Å². The van der Waals surface area contributed by atoms with Gasteiger partial charge in [0, 0.05) is 6.08 Å². The maximum atomic E-state index is 12.1. The van der Waals surface area contributed by atoms with Crippen molar-refractivity contribution in [1.29, 1.82) is 0 Å². The lowest BCUT2D eigenvalue weighted by Gasteiger charge is -2.15. The van der Waals surface area contributed by atoms with Crippen molar-refractivity contribution in [3.63, 3.8) is 0 Å². The molecule has 0 aliphatic heterocycles. The molecule has 3 aromatic rings. The summed E-state index contributed by atoms with van der Waals surface area (Å²) in [5.41, 5.74) is 5.60. The number of rotatable bonds is 5. The first-order valence-corrected chi connectivity index (χ1v) is 8.60. The van der Waals surface area contributed by atoms with Gasteiger partial charge in [-0.2, -0.15) is 0 Å². The predicted octanol–water partition coefficient (Wildman–Crippen LogP) is 3.47. The predicted molar refractivity (Wildman–Crippen MR) is 106 cm³/mol. The van der Waals surface area contributed by atoms with Crippen molar-refractivity contribution in [2.45, 2.75) is 13.0 Å². The molecule has 1 atom stereocenters. The molecular weight excluding hydrogens is 340 g/mol. The number of amides is 2. The van der Waals surface area contributed by atoms with E-state index in [1.165, 1.54) is 6.08 Å². The fourth-order valence-corrected chi connectivity index (χ4v) is 2.50. The van der Waals surface area contributed by atoms with Crippen molar-refractivity contribution in [1.82, 2.24) is 10.9 Å². The van der Waals surface area contributed by atoms with Crippen molar-refractivity contribution in [2.75, 3.05) is 0 Å². The third-order valence-corrected chi connectivity index (χ3v) is 3.94. The van der Waals surface area contributed by atoms with E-state index in [9.17, 15) is 9.59 Å². The molecule has 2 N–H and O–H groups in total. The Morgan fingerprint density at radius 2 is 1.59 bits per heavy atom. The van der Waals surface area contributed by atoms with Gasteiger partial charge < -0.3 is 4.74 Å². The highest BCUT2D eigenvalue weighted by Crippen LogP contribution is 2.21. The average Bonchev–Trinajstić information content (AvgIpc) is 2.71. The Morgan fingerprint density at radius 3 is 2.37 bits per heavy atom. The topological polar surface area (TPSA) is 67.4 Å². The molecule has 0 radical (unpaired) electrons. The Hall–Kier alpha value is -3.60. The highest BCUT2D eigenvalue weighted by atomic mass is 16.5. The van der Waals surface area contributed by atoms with Gasteiger partial charge in [0.2, 0.25) is 0 Å². The number of nitrogens with one attached hydrogen (secondary N) is 2. The van der Waals surface area contributed by atoms with Gasteiger partial charge in [0.15, 0.2) is 6.10 Å². The largest absolute Gasteiger partial charge is 0.481 e. The van der Waals surface area contributed by atoms with Crippen LogP contribution in [0.2, 0.25) is 0 Å². The van der Waals surface area contributed by atoms with Crippen LogP contribution in [-0.4, -0.2) is 17.9 Å². The normalized spacial score (nSPS) is 11.9. The summed E-state index contributed by atoms with van der Waals surface area (Å²) in [6, 6.07) is 22.9. The Labute approximate surface area is 157 Å². The average molecular weight is 360 g/mol. The van der Waals surface area contributed by atoms with Crippen LogP contribution in [0.3, 0.4) is 0 Å². The molecule has 0 spiro atoms. The van der Waals surface area contributed by atoms with Crippen molar-refractivity contribution < 1.29 is 14.3 Å². The summed E-state index contributed by atoms with van der Waals surface area (Å²) in [5.74, 6) is -0.277. The zero-order valence-corrected chi connectivity index (χ0v) is 14.9. The third-order valence-electron chi connectivity index (χ3n) is 3.94. The van der Waals surface area contributed by atoms with E-state index in [1.807, 2.05) is 72.8 Å². The summed E-state index contributed by atoms with van der Waals surface area (Å²) in [6.07, 6.45) is 2.26. The van der Waals surface area contributed by atoms with Gasteiger partial charge in [-0.05, 0) is 41.5 Å². The van der Waals surface area contributed by atoms with Crippen LogP contribution in [0.1, 0.15) is 12.5 Å². The Bertz CT molecular complexity index is 967. The van der Waals surface area contributed by atoms with Gasteiger partial charge in [-0.3, -0.25) is 20.4 Å². The van der Waals surface area contributed by atoms with E-state index in [-0.39, 0.29) is 0 Å². The van der Waals surface area contributed by atoms with Gasteiger partial charge in [0.1, 0.15) is 5.75 Å². The van der Waals surface area contributed by atoms with Gasteiger partial charge in [-0.15, -0.1) is 0 Å². The molecule has 0 bridgehead atoms. The Morgan fingerprint density at radius 1 is 0.889 bits per heavy atom. The monoisotopic (exact) mass is 360 g/mol. The van der Waals surface area contributed by atoms with Crippen LogP contribution in [0.15, 0.2) is 78.9 Å². The van der Waals surface area contributed by atoms with Crippen molar-refractivity contribution in [2.24, 2.45) is 0 Å². The van der Waals surface area contributed by atoms with E-state index in [4.69, 9.17) is 4.74 Å². The molecule has 5 heteroatoms. The summed E-state index contributed by atoms with van der Waals surface area (Å²) in [4.78, 5) is 23.9. The van der Waals surface area contributed by atoms with Crippen LogP contribution >= 0.6 is 0 Å². The second kappa shape index (κ2) is 8.67. The minimum Gasteiger partial charge on any atom is -0.481 e. The fourth-order valence-electron chi connectivity index (χ4n) is 2.50. The highest BCUT2D eigenvalue weighted by molar-refractivity contribution is 5.93. The molecule has 0 aromatic heterocycles. The van der Waals surface area contributed by atoms with Crippen molar-refractivity contribution in [3.05, 3.63) is 84.4 Å². The second-order valence-corrected chi connectivity index (χ2v) is 5.99. The van der Waals surface area contributed by atoms with Gasteiger partial charge in [-0.1, -0.05) is 60.7 Å². The van der Waals surface area contributed by atoms with Crippen LogP contribution in [0, 0.1) is 0 Å². The number of hydrazine groups is 1. The van der Waals surface area contributed by atoms with Crippen LogP contribution in [-0.2, 0) is 9.59 Å². The summed E-state index contributed by atoms with van der Waals surface area (Å²) in [6.45, 7) is 1.62. The number of benzene rings is 3. The summed E-state index contributed by atoms with van der Waals surface area (Å²) >= 11 is 0. The summed E-state index contributed by atoms with van der Waals surface area (Å²) < 4.78 is 5.66. The molecule has 0 aliphatic carbocycles. The lowest BCUT2D eigenvalue weighted by Crippen LogP contribution is -2.46. The van der Waals surface area contributed by atoms with Crippen LogP contribution < -0.4 is 15.6 Å². The quantitative estimate of drug-likeness (QED) is 0.541. The molecule has 0 heterocycles.